The average molecular weight is 286 g/mol. The van der Waals surface area contributed by atoms with E-state index in [1.807, 2.05) is 0 Å². The maximum atomic E-state index is 11.4. The van der Waals surface area contributed by atoms with E-state index >= 15 is 0 Å². The third kappa shape index (κ3) is 2.08. The van der Waals surface area contributed by atoms with Crippen LogP contribution in [0, 0.1) is 0 Å². The summed E-state index contributed by atoms with van der Waals surface area (Å²) in [6.07, 6.45) is -6.04. The fraction of sp³-hybridized carbons (Fsp3) is 0.875. The highest BCUT2D eigenvalue weighted by Crippen LogP contribution is 2.35. The summed E-state index contributed by atoms with van der Waals surface area (Å²) < 4.78 is 9.97. The molecule has 15 heavy (non-hydrogen) atoms. The molecule has 0 aliphatic carbocycles. The second kappa shape index (κ2) is 4.44. The monoisotopic (exact) mass is 285 g/mol. The van der Waals surface area contributed by atoms with E-state index in [2.05, 4.69) is 15.9 Å². The van der Waals surface area contributed by atoms with Crippen molar-refractivity contribution < 1.29 is 31.3 Å². The number of rotatable bonds is 2. The van der Waals surface area contributed by atoms with Gasteiger partial charge in [-0.05, 0) is 22.8 Å². The Morgan fingerprint density at radius 2 is 2.13 bits per heavy atom. The van der Waals surface area contributed by atoms with E-state index < -0.39 is 48.2 Å². The number of carbonyl (C=O) groups is 1. The standard InChI is InChI=1S/C8H13BrO6/c1-3(11)8(9)7(14)6(13)5(12)4(2-10)15-8/h4-7,10,12-14H,2H2,1H3/t4-,5+,6+,7-,8?/m1/s1/i1D. The van der Waals surface area contributed by atoms with Crippen molar-refractivity contribution in [2.75, 3.05) is 6.61 Å². The Bertz CT molecular complexity index is 275. The Morgan fingerprint density at radius 3 is 2.60 bits per heavy atom. The molecule has 1 aliphatic rings. The lowest BCUT2D eigenvalue weighted by atomic mass is 9.93. The first-order chi connectivity index (χ1) is 7.38. The summed E-state index contributed by atoms with van der Waals surface area (Å²) in [4.78, 5) is 11.4. The van der Waals surface area contributed by atoms with Crippen LogP contribution < -0.4 is 0 Å². The lowest BCUT2D eigenvalue weighted by Crippen LogP contribution is -2.64. The Hall–Kier alpha value is -0.0500. The van der Waals surface area contributed by atoms with Crippen LogP contribution in [-0.4, -0.2) is 61.7 Å². The minimum Gasteiger partial charge on any atom is -0.394 e. The number of alkyl halides is 1. The molecule has 0 aromatic carbocycles. The molecule has 0 aromatic heterocycles. The van der Waals surface area contributed by atoms with Crippen LogP contribution in [0.4, 0.5) is 0 Å². The van der Waals surface area contributed by atoms with E-state index in [9.17, 15) is 20.1 Å². The van der Waals surface area contributed by atoms with E-state index in [4.69, 9.17) is 11.2 Å². The third-order valence-electron chi connectivity index (χ3n) is 2.32. The maximum Gasteiger partial charge on any atom is 0.209 e. The Morgan fingerprint density at radius 1 is 1.53 bits per heavy atom. The summed E-state index contributed by atoms with van der Waals surface area (Å²) in [6, 6.07) is 0. The van der Waals surface area contributed by atoms with E-state index in [-0.39, 0.29) is 0 Å². The van der Waals surface area contributed by atoms with Crippen molar-refractivity contribution in [3.63, 3.8) is 0 Å². The summed E-state index contributed by atoms with van der Waals surface area (Å²) in [5.74, 6) is -0.801. The molecule has 7 heteroatoms. The van der Waals surface area contributed by atoms with Gasteiger partial charge in [0, 0.05) is 1.37 Å². The van der Waals surface area contributed by atoms with Crippen molar-refractivity contribution in [1.29, 1.82) is 0 Å². The van der Waals surface area contributed by atoms with Gasteiger partial charge in [-0.1, -0.05) is 0 Å². The molecular weight excluding hydrogens is 272 g/mol. The smallest absolute Gasteiger partial charge is 0.209 e. The van der Waals surface area contributed by atoms with Crippen LogP contribution in [0.3, 0.4) is 0 Å². The minimum atomic E-state index is -1.96. The Balaban J connectivity index is 2.98. The van der Waals surface area contributed by atoms with Crippen molar-refractivity contribution in [3.05, 3.63) is 0 Å². The molecule has 0 spiro atoms. The van der Waals surface area contributed by atoms with Crippen molar-refractivity contribution in [2.45, 2.75) is 35.8 Å². The highest BCUT2D eigenvalue weighted by Gasteiger charge is 2.54. The number of halogens is 1. The van der Waals surface area contributed by atoms with E-state index in [0.717, 1.165) is 0 Å². The SMILES string of the molecule is [2H]CC(=O)C1(Br)O[C@H](CO)[C@H](O)[C@H](O)[C@H]1O. The molecule has 5 atom stereocenters. The molecule has 0 saturated carbocycles. The average Bonchev–Trinajstić information content (AvgIpc) is 2.30. The second-order valence-corrected chi connectivity index (χ2v) is 4.51. The molecule has 4 N–H and O–H groups in total. The van der Waals surface area contributed by atoms with Crippen molar-refractivity contribution in [3.8, 4) is 0 Å². The van der Waals surface area contributed by atoms with Gasteiger partial charge in [-0.15, -0.1) is 0 Å². The molecular formula is C8H13BrO6. The predicted octanol–water partition coefficient (Wildman–Crippen LogP) is -1.86. The second-order valence-electron chi connectivity index (χ2n) is 3.33. The number of aliphatic hydroxyl groups excluding tert-OH is 4. The number of carbonyl (C=O) groups excluding carboxylic acids is 1. The quantitative estimate of drug-likeness (QED) is 0.444. The lowest BCUT2D eigenvalue weighted by molar-refractivity contribution is -0.234. The number of Topliss-reactive ketones (excluding diaryl/α,β-unsaturated/α-hetero) is 1. The van der Waals surface area contributed by atoms with Crippen molar-refractivity contribution in [1.82, 2.24) is 0 Å². The fourth-order valence-corrected chi connectivity index (χ4v) is 1.87. The van der Waals surface area contributed by atoms with Gasteiger partial charge in [0.2, 0.25) is 4.51 Å². The van der Waals surface area contributed by atoms with Crippen LogP contribution in [0.5, 0.6) is 0 Å². The highest BCUT2D eigenvalue weighted by molar-refractivity contribution is 9.10. The summed E-state index contributed by atoms with van der Waals surface area (Å²) in [7, 11) is 0. The van der Waals surface area contributed by atoms with Crippen molar-refractivity contribution in [2.24, 2.45) is 0 Å². The molecule has 1 aliphatic heterocycles. The van der Waals surface area contributed by atoms with Gasteiger partial charge in [-0.2, -0.15) is 0 Å². The third-order valence-corrected chi connectivity index (χ3v) is 3.42. The first kappa shape index (κ1) is 11.4. The van der Waals surface area contributed by atoms with Gasteiger partial charge in [-0.25, -0.2) is 0 Å². The maximum absolute atomic E-state index is 11.4. The summed E-state index contributed by atoms with van der Waals surface area (Å²) in [5.41, 5.74) is 0. The molecule has 0 aromatic rings. The molecule has 88 valence electrons. The van der Waals surface area contributed by atoms with Crippen molar-refractivity contribution >= 4 is 21.7 Å². The largest absolute Gasteiger partial charge is 0.394 e. The molecule has 1 rings (SSSR count). The summed E-state index contributed by atoms with van der Waals surface area (Å²) >= 11 is 2.81. The van der Waals surface area contributed by atoms with Gasteiger partial charge in [0.25, 0.3) is 0 Å². The van der Waals surface area contributed by atoms with Crippen LogP contribution in [0.1, 0.15) is 8.27 Å². The van der Waals surface area contributed by atoms with Crippen LogP contribution in [0.2, 0.25) is 0 Å². The van der Waals surface area contributed by atoms with Crippen LogP contribution in [0.15, 0.2) is 0 Å². The van der Waals surface area contributed by atoms with E-state index in [0.29, 0.717) is 0 Å². The molecule has 6 nitrogen and oxygen atoms in total. The van der Waals surface area contributed by atoms with Gasteiger partial charge in [0.15, 0.2) is 5.78 Å². The summed E-state index contributed by atoms with van der Waals surface area (Å²) in [5, 5.41) is 37.4. The number of aliphatic hydroxyl groups is 4. The Labute approximate surface area is 96.0 Å². The first-order valence-electron chi connectivity index (χ1n) is 4.93. The van der Waals surface area contributed by atoms with Gasteiger partial charge in [-0.3, -0.25) is 4.79 Å². The lowest BCUT2D eigenvalue weighted by Gasteiger charge is -2.43. The molecule has 0 radical (unpaired) electrons. The minimum absolute atomic E-state index is 0.621. The van der Waals surface area contributed by atoms with Gasteiger partial charge < -0.3 is 25.2 Å². The Kier molecular flexibility index (Phi) is 3.39. The zero-order valence-corrected chi connectivity index (χ0v) is 9.29. The molecule has 1 unspecified atom stereocenters. The highest BCUT2D eigenvalue weighted by atomic mass is 79.9. The van der Waals surface area contributed by atoms with Gasteiger partial charge >= 0.3 is 0 Å². The number of ether oxygens (including phenoxy) is 1. The number of hydrogen-bond acceptors (Lipinski definition) is 6. The predicted molar refractivity (Wildman–Crippen MR) is 52.3 cm³/mol. The molecule has 0 amide bonds. The molecule has 1 saturated heterocycles. The number of hydrogen-bond donors (Lipinski definition) is 4. The van der Waals surface area contributed by atoms with Gasteiger partial charge in [0.05, 0.1) is 6.61 Å². The molecule has 0 bridgehead atoms. The normalized spacial score (nSPS) is 47.4. The fourth-order valence-electron chi connectivity index (χ4n) is 1.36. The van der Waals surface area contributed by atoms with Crippen LogP contribution in [-0.2, 0) is 9.53 Å². The van der Waals surface area contributed by atoms with E-state index in [1.165, 1.54) is 0 Å². The van der Waals surface area contributed by atoms with E-state index in [1.54, 1.807) is 0 Å². The molecule has 1 fully saturated rings. The zero-order chi connectivity index (χ0) is 12.5. The van der Waals surface area contributed by atoms with Crippen LogP contribution >= 0.6 is 15.9 Å². The molecule has 1 heterocycles. The summed E-state index contributed by atoms with van der Waals surface area (Å²) in [6.45, 7) is -1.28. The zero-order valence-electron chi connectivity index (χ0n) is 8.71. The van der Waals surface area contributed by atoms with Gasteiger partial charge in [0.1, 0.15) is 24.4 Å². The van der Waals surface area contributed by atoms with Crippen LogP contribution in [0.25, 0.3) is 0 Å². The first-order valence-corrected chi connectivity index (χ1v) is 5.02. The topological polar surface area (TPSA) is 107 Å². The number of ketones is 1.